The van der Waals surface area contributed by atoms with Crippen LogP contribution >= 0.6 is 0 Å². The van der Waals surface area contributed by atoms with Crippen LogP contribution in [0.1, 0.15) is 40.5 Å². The van der Waals surface area contributed by atoms with Crippen molar-refractivity contribution in [2.45, 2.75) is 52.7 Å². The average Bonchev–Trinajstić information content (AvgIpc) is 2.83. The van der Waals surface area contributed by atoms with E-state index in [4.69, 9.17) is 9.47 Å². The number of rotatable bonds is 1. The molecule has 0 N–H and O–H groups in total. The lowest BCUT2D eigenvalue weighted by Crippen LogP contribution is -2.36. The molecular formula is C17H22O5. The van der Waals surface area contributed by atoms with Gasteiger partial charge in [0.15, 0.2) is 5.78 Å². The first-order chi connectivity index (χ1) is 10.3. The maximum Gasteiger partial charge on any atom is 0.309 e. The molecule has 0 aromatic carbocycles. The maximum absolute atomic E-state index is 12.2. The number of carbonyl (C=O) groups excluding carboxylic acids is 3. The number of allylic oxidation sites excluding steroid dienone is 1. The van der Waals surface area contributed by atoms with Crippen LogP contribution in [0.25, 0.3) is 0 Å². The molecule has 3 aliphatic rings. The Labute approximate surface area is 130 Å². The van der Waals surface area contributed by atoms with Crippen LogP contribution in [0.2, 0.25) is 0 Å². The lowest BCUT2D eigenvalue weighted by atomic mass is 9.82. The molecule has 0 aromatic heterocycles. The molecule has 6 unspecified atom stereocenters. The Kier molecular flexibility index (Phi) is 3.62. The minimum absolute atomic E-state index is 0.0911. The van der Waals surface area contributed by atoms with Crippen LogP contribution in [0.3, 0.4) is 0 Å². The van der Waals surface area contributed by atoms with Crippen molar-refractivity contribution in [3.63, 3.8) is 0 Å². The van der Waals surface area contributed by atoms with Gasteiger partial charge in [-0.05, 0) is 36.3 Å². The van der Waals surface area contributed by atoms with E-state index in [2.05, 4.69) is 6.92 Å². The highest BCUT2D eigenvalue weighted by molar-refractivity contribution is 5.99. The molecule has 5 nitrogen and oxygen atoms in total. The molecule has 1 aliphatic heterocycles. The molecule has 5 heteroatoms. The number of Topliss-reactive ketones (excluding diaryl/α,β-unsaturated/α-hetero) is 1. The summed E-state index contributed by atoms with van der Waals surface area (Å²) in [7, 11) is 0. The number of ether oxygens (including phenoxy) is 2. The zero-order chi connectivity index (χ0) is 16.2. The van der Waals surface area contributed by atoms with Gasteiger partial charge in [0.1, 0.15) is 12.2 Å². The molecule has 22 heavy (non-hydrogen) atoms. The maximum atomic E-state index is 12.2. The molecule has 0 bridgehead atoms. The van der Waals surface area contributed by atoms with Gasteiger partial charge >= 0.3 is 11.9 Å². The van der Waals surface area contributed by atoms with Crippen molar-refractivity contribution >= 4 is 17.7 Å². The highest BCUT2D eigenvalue weighted by atomic mass is 16.6. The second-order valence-electron chi connectivity index (χ2n) is 6.90. The second-order valence-corrected chi connectivity index (χ2v) is 6.90. The summed E-state index contributed by atoms with van der Waals surface area (Å²) >= 11 is 0. The monoisotopic (exact) mass is 306 g/mol. The van der Waals surface area contributed by atoms with Crippen LogP contribution in [0.15, 0.2) is 11.1 Å². The summed E-state index contributed by atoms with van der Waals surface area (Å²) in [5, 5.41) is 0. The number of ketones is 1. The Hall–Kier alpha value is -1.65. The third kappa shape index (κ3) is 2.18. The fraction of sp³-hybridized carbons (Fsp3) is 0.706. The van der Waals surface area contributed by atoms with Crippen LogP contribution in [0, 0.1) is 23.7 Å². The summed E-state index contributed by atoms with van der Waals surface area (Å²) in [6.07, 6.45) is 0.433. The lowest BCUT2D eigenvalue weighted by Gasteiger charge is -2.28. The van der Waals surface area contributed by atoms with Crippen molar-refractivity contribution in [3.05, 3.63) is 11.1 Å². The number of hydrogen-bond donors (Lipinski definition) is 0. The lowest BCUT2D eigenvalue weighted by molar-refractivity contribution is -0.148. The average molecular weight is 306 g/mol. The van der Waals surface area contributed by atoms with E-state index in [0.717, 1.165) is 5.57 Å². The molecule has 2 fully saturated rings. The van der Waals surface area contributed by atoms with Crippen LogP contribution in [-0.2, 0) is 23.9 Å². The predicted molar refractivity (Wildman–Crippen MR) is 77.7 cm³/mol. The highest BCUT2D eigenvalue weighted by Gasteiger charge is 2.54. The molecule has 0 amide bonds. The summed E-state index contributed by atoms with van der Waals surface area (Å²) in [6.45, 7) is 7.08. The van der Waals surface area contributed by atoms with E-state index in [9.17, 15) is 14.4 Å². The van der Waals surface area contributed by atoms with E-state index in [1.165, 1.54) is 6.92 Å². The number of fused-ring (bicyclic) bond motifs is 2. The third-order valence-electron chi connectivity index (χ3n) is 5.54. The Morgan fingerprint density at radius 3 is 2.59 bits per heavy atom. The van der Waals surface area contributed by atoms with Gasteiger partial charge in [-0.25, -0.2) is 0 Å². The van der Waals surface area contributed by atoms with E-state index in [-0.39, 0.29) is 47.5 Å². The van der Waals surface area contributed by atoms with Gasteiger partial charge < -0.3 is 9.47 Å². The SMILES string of the molecule is CC(=O)OC1C2=C(C)C(=O)CC2C(C)CC2OC(=O)C(C)C21. The quantitative estimate of drug-likeness (QED) is 0.693. The zero-order valence-corrected chi connectivity index (χ0v) is 13.4. The molecule has 0 aromatic rings. The van der Waals surface area contributed by atoms with E-state index in [1.54, 1.807) is 0 Å². The van der Waals surface area contributed by atoms with Crippen molar-refractivity contribution in [2.75, 3.05) is 0 Å². The third-order valence-corrected chi connectivity index (χ3v) is 5.54. The Balaban J connectivity index is 2.10. The first kappa shape index (κ1) is 15.3. The molecule has 0 spiro atoms. The standard InChI is InChI=1S/C17H22O5/c1-7-5-13-15(9(3)17(20)22-13)16(21-10(4)18)14-8(2)12(19)6-11(7)14/h7,9,11,13,15-16H,5-6H2,1-4H3. The molecule has 1 heterocycles. The fourth-order valence-electron chi connectivity index (χ4n) is 4.37. The van der Waals surface area contributed by atoms with Gasteiger partial charge in [-0.15, -0.1) is 0 Å². The topological polar surface area (TPSA) is 69.7 Å². The molecular weight excluding hydrogens is 284 g/mol. The van der Waals surface area contributed by atoms with Crippen LogP contribution in [-0.4, -0.2) is 29.9 Å². The summed E-state index contributed by atoms with van der Waals surface area (Å²) in [4.78, 5) is 35.8. The first-order valence-electron chi connectivity index (χ1n) is 7.92. The van der Waals surface area contributed by atoms with E-state index in [0.29, 0.717) is 18.4 Å². The van der Waals surface area contributed by atoms with Gasteiger partial charge in [-0.2, -0.15) is 0 Å². The van der Waals surface area contributed by atoms with Crippen molar-refractivity contribution in [2.24, 2.45) is 23.7 Å². The van der Waals surface area contributed by atoms with Crippen LogP contribution in [0.4, 0.5) is 0 Å². The second kappa shape index (κ2) is 5.21. The van der Waals surface area contributed by atoms with Crippen molar-refractivity contribution < 1.29 is 23.9 Å². The largest absolute Gasteiger partial charge is 0.462 e. The molecule has 6 atom stereocenters. The van der Waals surface area contributed by atoms with Crippen molar-refractivity contribution in [3.8, 4) is 0 Å². The smallest absolute Gasteiger partial charge is 0.309 e. The first-order valence-corrected chi connectivity index (χ1v) is 7.92. The molecule has 0 radical (unpaired) electrons. The number of carbonyl (C=O) groups is 3. The number of hydrogen-bond acceptors (Lipinski definition) is 5. The Bertz CT molecular complexity index is 576. The molecule has 1 saturated heterocycles. The van der Waals surface area contributed by atoms with Gasteiger partial charge in [-0.1, -0.05) is 13.8 Å². The van der Waals surface area contributed by atoms with Gasteiger partial charge in [0.05, 0.1) is 11.8 Å². The molecule has 1 saturated carbocycles. The number of esters is 2. The minimum atomic E-state index is -0.523. The fourth-order valence-corrected chi connectivity index (χ4v) is 4.37. The van der Waals surface area contributed by atoms with Gasteiger partial charge in [0, 0.05) is 13.3 Å². The Morgan fingerprint density at radius 2 is 1.95 bits per heavy atom. The summed E-state index contributed by atoms with van der Waals surface area (Å²) in [6, 6.07) is 0. The van der Waals surface area contributed by atoms with Crippen molar-refractivity contribution in [1.82, 2.24) is 0 Å². The molecule has 3 rings (SSSR count). The summed E-state index contributed by atoms with van der Waals surface area (Å²) in [5.74, 6) is -0.698. The van der Waals surface area contributed by atoms with Gasteiger partial charge in [0.25, 0.3) is 0 Å². The van der Waals surface area contributed by atoms with Crippen LogP contribution < -0.4 is 0 Å². The highest BCUT2D eigenvalue weighted by Crippen LogP contribution is 2.49. The van der Waals surface area contributed by atoms with Gasteiger partial charge in [0.2, 0.25) is 0 Å². The van der Waals surface area contributed by atoms with E-state index < -0.39 is 6.10 Å². The van der Waals surface area contributed by atoms with Crippen LogP contribution in [0.5, 0.6) is 0 Å². The molecule has 120 valence electrons. The van der Waals surface area contributed by atoms with E-state index in [1.807, 2.05) is 13.8 Å². The summed E-state index contributed by atoms with van der Waals surface area (Å²) in [5.41, 5.74) is 1.63. The normalized spacial score (nSPS) is 40.9. The molecule has 2 aliphatic carbocycles. The predicted octanol–water partition coefficient (Wildman–Crippen LogP) is 2.04. The van der Waals surface area contributed by atoms with Gasteiger partial charge in [-0.3, -0.25) is 14.4 Å². The van der Waals surface area contributed by atoms with Crippen molar-refractivity contribution in [1.29, 1.82) is 0 Å². The van der Waals surface area contributed by atoms with E-state index >= 15 is 0 Å². The minimum Gasteiger partial charge on any atom is -0.462 e. The zero-order valence-electron chi connectivity index (χ0n) is 13.4. The Morgan fingerprint density at radius 1 is 1.27 bits per heavy atom. The summed E-state index contributed by atoms with van der Waals surface area (Å²) < 4.78 is 11.1.